The maximum atomic E-state index is 12.1. The molecule has 0 spiro atoms. The normalized spacial score (nSPS) is 20.5. The van der Waals surface area contributed by atoms with E-state index in [0.717, 1.165) is 64.2 Å². The summed E-state index contributed by atoms with van der Waals surface area (Å²) < 4.78 is 0. The predicted octanol–water partition coefficient (Wildman–Crippen LogP) is 4.94. The van der Waals surface area contributed by atoms with Crippen molar-refractivity contribution in [3.63, 3.8) is 0 Å². The zero-order chi connectivity index (χ0) is 17.8. The molecule has 0 aromatic rings. The van der Waals surface area contributed by atoms with Crippen LogP contribution in [0.1, 0.15) is 96.8 Å². The molecule has 0 saturated heterocycles. The van der Waals surface area contributed by atoms with Gasteiger partial charge in [-0.2, -0.15) is 0 Å². The Balaban J connectivity index is 2.18. The Morgan fingerprint density at radius 1 is 0.958 bits per heavy atom. The number of rotatable bonds is 14. The van der Waals surface area contributed by atoms with Gasteiger partial charge in [-0.15, -0.1) is 0 Å². The molecule has 0 aromatic carbocycles. The summed E-state index contributed by atoms with van der Waals surface area (Å²) in [6, 6.07) is 0. The van der Waals surface area contributed by atoms with Crippen LogP contribution < -0.4 is 0 Å². The van der Waals surface area contributed by atoms with E-state index in [4.69, 9.17) is 5.11 Å². The number of aliphatic carboxylic acids is 1. The first kappa shape index (κ1) is 20.9. The van der Waals surface area contributed by atoms with Crippen molar-refractivity contribution < 1.29 is 19.5 Å². The van der Waals surface area contributed by atoms with E-state index in [1.54, 1.807) is 0 Å². The van der Waals surface area contributed by atoms with Gasteiger partial charge < -0.3 is 5.11 Å². The van der Waals surface area contributed by atoms with E-state index < -0.39 is 5.97 Å². The SMILES string of the molecule is CCCCC(=O)CCC[C@H]1CCC(=O)[C@@H]1CCCCCCC(=O)O. The van der Waals surface area contributed by atoms with E-state index in [2.05, 4.69) is 6.92 Å². The highest BCUT2D eigenvalue weighted by Gasteiger charge is 2.33. The Bertz CT molecular complexity index is 402. The zero-order valence-electron chi connectivity index (χ0n) is 15.2. The van der Waals surface area contributed by atoms with Gasteiger partial charge in [0.15, 0.2) is 0 Å². The molecule has 2 atom stereocenters. The molecule has 24 heavy (non-hydrogen) atoms. The third-order valence-corrected chi connectivity index (χ3v) is 5.24. The molecule has 1 N–H and O–H groups in total. The van der Waals surface area contributed by atoms with Gasteiger partial charge in [-0.1, -0.05) is 32.6 Å². The second kappa shape index (κ2) is 12.2. The van der Waals surface area contributed by atoms with E-state index in [-0.39, 0.29) is 12.3 Å². The van der Waals surface area contributed by atoms with Crippen LogP contribution in [-0.2, 0) is 14.4 Å². The molecule has 0 bridgehead atoms. The van der Waals surface area contributed by atoms with E-state index in [9.17, 15) is 14.4 Å². The minimum atomic E-state index is -0.727. The maximum Gasteiger partial charge on any atom is 0.303 e. The summed E-state index contributed by atoms with van der Waals surface area (Å²) in [5.74, 6) is 0.708. The van der Waals surface area contributed by atoms with Crippen LogP contribution >= 0.6 is 0 Å². The van der Waals surface area contributed by atoms with Crippen molar-refractivity contribution >= 4 is 17.5 Å². The lowest BCUT2D eigenvalue weighted by Gasteiger charge is -2.18. The van der Waals surface area contributed by atoms with Crippen molar-refractivity contribution in [3.05, 3.63) is 0 Å². The average molecular weight is 338 g/mol. The van der Waals surface area contributed by atoms with Gasteiger partial charge in [0.25, 0.3) is 0 Å². The molecule has 0 heterocycles. The lowest BCUT2D eigenvalue weighted by Crippen LogP contribution is -2.15. The van der Waals surface area contributed by atoms with Gasteiger partial charge in [-0.25, -0.2) is 0 Å². The number of carbonyl (C=O) groups is 3. The fourth-order valence-corrected chi connectivity index (χ4v) is 3.77. The lowest BCUT2D eigenvalue weighted by molar-refractivity contribution is -0.137. The second-order valence-electron chi connectivity index (χ2n) is 7.25. The number of hydrogen-bond acceptors (Lipinski definition) is 3. The lowest BCUT2D eigenvalue weighted by atomic mass is 9.86. The van der Waals surface area contributed by atoms with E-state index in [1.807, 2.05) is 0 Å². The topological polar surface area (TPSA) is 71.4 Å². The summed E-state index contributed by atoms with van der Waals surface area (Å²) in [6.45, 7) is 2.10. The summed E-state index contributed by atoms with van der Waals surface area (Å²) in [7, 11) is 0. The molecule has 1 aliphatic rings. The number of carbonyl (C=O) groups excluding carboxylic acids is 2. The van der Waals surface area contributed by atoms with Crippen LogP contribution in [0, 0.1) is 11.8 Å². The molecular weight excluding hydrogens is 304 g/mol. The first-order chi connectivity index (χ1) is 11.5. The fraction of sp³-hybridized carbons (Fsp3) is 0.850. The van der Waals surface area contributed by atoms with Crippen molar-refractivity contribution in [2.45, 2.75) is 96.8 Å². The Morgan fingerprint density at radius 3 is 2.38 bits per heavy atom. The molecular formula is C20H34O4. The van der Waals surface area contributed by atoms with Crippen molar-refractivity contribution in [2.75, 3.05) is 0 Å². The quantitative estimate of drug-likeness (QED) is 0.455. The zero-order valence-corrected chi connectivity index (χ0v) is 15.2. The average Bonchev–Trinajstić information content (AvgIpc) is 2.89. The Kier molecular flexibility index (Phi) is 10.6. The van der Waals surface area contributed by atoms with Crippen LogP contribution in [0.5, 0.6) is 0 Å². The van der Waals surface area contributed by atoms with Gasteiger partial charge >= 0.3 is 5.97 Å². The van der Waals surface area contributed by atoms with Crippen LogP contribution in [-0.4, -0.2) is 22.6 Å². The molecule has 0 aromatic heterocycles. The molecule has 138 valence electrons. The van der Waals surface area contributed by atoms with Gasteiger partial charge in [0.2, 0.25) is 0 Å². The van der Waals surface area contributed by atoms with Crippen LogP contribution in [0.3, 0.4) is 0 Å². The molecule has 1 saturated carbocycles. The van der Waals surface area contributed by atoms with Crippen molar-refractivity contribution in [3.8, 4) is 0 Å². The highest BCUT2D eigenvalue weighted by atomic mass is 16.4. The summed E-state index contributed by atoms with van der Waals surface area (Å²) in [5, 5.41) is 8.61. The highest BCUT2D eigenvalue weighted by molar-refractivity contribution is 5.83. The van der Waals surface area contributed by atoms with Crippen molar-refractivity contribution in [2.24, 2.45) is 11.8 Å². The van der Waals surface area contributed by atoms with Crippen LogP contribution in [0.4, 0.5) is 0 Å². The smallest absolute Gasteiger partial charge is 0.303 e. The maximum absolute atomic E-state index is 12.1. The first-order valence-corrected chi connectivity index (χ1v) is 9.80. The van der Waals surface area contributed by atoms with Gasteiger partial charge in [0.1, 0.15) is 11.6 Å². The summed E-state index contributed by atoms with van der Waals surface area (Å²) in [5.41, 5.74) is 0. The molecule has 0 radical (unpaired) electrons. The molecule has 1 aliphatic carbocycles. The minimum Gasteiger partial charge on any atom is -0.481 e. The van der Waals surface area contributed by atoms with E-state index >= 15 is 0 Å². The Morgan fingerprint density at radius 2 is 1.67 bits per heavy atom. The third kappa shape index (κ3) is 8.60. The van der Waals surface area contributed by atoms with E-state index in [0.29, 0.717) is 36.7 Å². The Labute approximate surface area is 146 Å². The Hall–Kier alpha value is -1.19. The summed E-state index contributed by atoms with van der Waals surface area (Å²) >= 11 is 0. The number of hydrogen-bond donors (Lipinski definition) is 1. The number of Topliss-reactive ketones (excluding diaryl/α,β-unsaturated/α-hetero) is 2. The minimum absolute atomic E-state index is 0.190. The van der Waals surface area contributed by atoms with Gasteiger partial charge in [-0.3, -0.25) is 14.4 Å². The number of ketones is 2. The molecule has 0 amide bonds. The van der Waals surface area contributed by atoms with Crippen molar-refractivity contribution in [1.29, 1.82) is 0 Å². The molecule has 4 nitrogen and oxygen atoms in total. The molecule has 0 aliphatic heterocycles. The fourth-order valence-electron chi connectivity index (χ4n) is 3.77. The monoisotopic (exact) mass is 338 g/mol. The molecule has 4 heteroatoms. The number of carboxylic acids is 1. The summed E-state index contributed by atoms with van der Waals surface area (Å²) in [4.78, 5) is 34.3. The first-order valence-electron chi connectivity index (χ1n) is 9.80. The van der Waals surface area contributed by atoms with Gasteiger partial charge in [-0.05, 0) is 44.4 Å². The summed E-state index contributed by atoms with van der Waals surface area (Å²) in [6.07, 6.45) is 12.0. The predicted molar refractivity (Wildman–Crippen MR) is 94.9 cm³/mol. The molecule has 0 unspecified atom stereocenters. The molecule has 1 rings (SSSR count). The van der Waals surface area contributed by atoms with Crippen LogP contribution in [0.15, 0.2) is 0 Å². The van der Waals surface area contributed by atoms with E-state index in [1.165, 1.54) is 0 Å². The largest absolute Gasteiger partial charge is 0.481 e. The highest BCUT2D eigenvalue weighted by Crippen LogP contribution is 2.36. The second-order valence-corrected chi connectivity index (χ2v) is 7.25. The van der Waals surface area contributed by atoms with Crippen LogP contribution in [0.25, 0.3) is 0 Å². The van der Waals surface area contributed by atoms with Gasteiger partial charge in [0, 0.05) is 31.6 Å². The number of unbranched alkanes of at least 4 members (excludes halogenated alkanes) is 4. The molecule has 1 fully saturated rings. The van der Waals surface area contributed by atoms with Crippen LogP contribution in [0.2, 0.25) is 0 Å². The third-order valence-electron chi connectivity index (χ3n) is 5.24. The van der Waals surface area contributed by atoms with Gasteiger partial charge in [0.05, 0.1) is 0 Å². The standard InChI is InChI=1S/C20H34O4/c1-2-3-10-17(21)11-8-9-16-14-15-19(22)18(16)12-6-4-5-7-13-20(23)24/h16,18H,2-15H2,1H3,(H,23,24)/t16-,18+/m0/s1. The number of carboxylic acid groups (broad SMARTS) is 1. The van der Waals surface area contributed by atoms with Crippen molar-refractivity contribution in [1.82, 2.24) is 0 Å².